The van der Waals surface area contributed by atoms with Gasteiger partial charge in [0.2, 0.25) is 0 Å². The normalized spacial score (nSPS) is 24.7. The van der Waals surface area contributed by atoms with Gasteiger partial charge in [0.25, 0.3) is 0 Å². The second-order valence-corrected chi connectivity index (χ2v) is 8.71. The largest absolute Gasteiger partial charge is 0.474 e. The molecule has 3 saturated carbocycles. The molecule has 0 atom stereocenters. The molecule has 5 heteroatoms. The van der Waals surface area contributed by atoms with Crippen molar-refractivity contribution in [2.75, 3.05) is 19.8 Å². The Balaban J connectivity index is 1.60. The average Bonchev–Trinajstić information content (AvgIpc) is 3.47. The fraction of sp³-hybridized carbons (Fsp3) is 0.667. The Morgan fingerprint density at radius 3 is 1.13 bits per heavy atom. The van der Waals surface area contributed by atoms with E-state index in [9.17, 15) is 4.57 Å². The fourth-order valence-corrected chi connectivity index (χ4v) is 3.60. The van der Waals surface area contributed by atoms with Gasteiger partial charge in [-0.1, -0.05) is 17.8 Å². The van der Waals surface area contributed by atoms with Crippen molar-refractivity contribution in [2.24, 2.45) is 16.2 Å². The molecule has 0 unspecified atom stereocenters. The third-order valence-corrected chi connectivity index (χ3v) is 6.31. The van der Waals surface area contributed by atoms with Crippen molar-refractivity contribution in [1.82, 2.24) is 0 Å². The molecule has 3 rings (SSSR count). The molecule has 3 aliphatic carbocycles. The second kappa shape index (κ2) is 5.70. The van der Waals surface area contributed by atoms with Gasteiger partial charge in [-0.3, -0.25) is 13.6 Å². The Labute approximate surface area is 138 Å². The summed E-state index contributed by atoms with van der Waals surface area (Å²) in [7, 11) is -3.71. The van der Waals surface area contributed by atoms with E-state index in [0.29, 0.717) is 0 Å². The summed E-state index contributed by atoms with van der Waals surface area (Å²) in [5.41, 5.74) is -0.973. The molecule has 0 radical (unpaired) electrons. The summed E-state index contributed by atoms with van der Waals surface area (Å²) >= 11 is 0. The highest BCUT2D eigenvalue weighted by atomic mass is 31.2. The van der Waals surface area contributed by atoms with Crippen LogP contribution >= 0.6 is 7.82 Å². The summed E-state index contributed by atoms with van der Waals surface area (Å²) in [6.07, 6.45) is 21.7. The topological polar surface area (TPSA) is 44.8 Å². The number of hydrogen-bond acceptors (Lipinski definition) is 4. The van der Waals surface area contributed by atoms with Gasteiger partial charge in [0.05, 0.1) is 36.1 Å². The highest BCUT2D eigenvalue weighted by Crippen LogP contribution is 2.59. The first-order chi connectivity index (χ1) is 10.9. The Hall–Kier alpha value is -1.21. The smallest absolute Gasteiger partial charge is 0.285 e. The van der Waals surface area contributed by atoms with Gasteiger partial charge in [-0.05, 0) is 38.5 Å². The zero-order valence-corrected chi connectivity index (χ0v) is 14.1. The summed E-state index contributed by atoms with van der Waals surface area (Å²) in [5.74, 6) is 8.08. The molecule has 0 bridgehead atoms. The summed E-state index contributed by atoms with van der Waals surface area (Å²) in [5, 5.41) is 0. The predicted molar refractivity (Wildman–Crippen MR) is 87.0 cm³/mol. The minimum Gasteiger partial charge on any atom is -0.285 e. The van der Waals surface area contributed by atoms with E-state index in [2.05, 4.69) is 17.8 Å². The minimum atomic E-state index is -3.71. The minimum absolute atomic E-state index is 0.173. The Morgan fingerprint density at radius 1 is 0.696 bits per heavy atom. The van der Waals surface area contributed by atoms with Gasteiger partial charge < -0.3 is 0 Å². The van der Waals surface area contributed by atoms with E-state index < -0.39 is 7.82 Å². The van der Waals surface area contributed by atoms with Gasteiger partial charge in [-0.2, -0.15) is 0 Å². The zero-order chi connectivity index (χ0) is 16.6. The van der Waals surface area contributed by atoms with Crippen LogP contribution in [0.4, 0.5) is 0 Å². The molecule has 0 aliphatic heterocycles. The summed E-state index contributed by atoms with van der Waals surface area (Å²) < 4.78 is 29.5. The predicted octanol–water partition coefficient (Wildman–Crippen LogP) is 3.38. The quantitative estimate of drug-likeness (QED) is 0.480. The first-order valence-electron chi connectivity index (χ1n) is 7.89. The highest BCUT2D eigenvalue weighted by molar-refractivity contribution is 7.48. The van der Waals surface area contributed by atoms with Crippen LogP contribution in [-0.2, 0) is 18.1 Å². The van der Waals surface area contributed by atoms with E-state index in [4.69, 9.17) is 32.8 Å². The molecule has 23 heavy (non-hydrogen) atoms. The molecule has 4 nitrogen and oxygen atoms in total. The number of rotatable bonds is 9. The SMILES string of the molecule is C#CC1(COP(=O)(OCC2(C#C)CC2)OCC2(C#C)CC2)CC1. The van der Waals surface area contributed by atoms with Crippen molar-refractivity contribution in [3.63, 3.8) is 0 Å². The third-order valence-electron chi connectivity index (χ3n) is 4.98. The van der Waals surface area contributed by atoms with E-state index in [1.807, 2.05) is 0 Å². The lowest BCUT2D eigenvalue weighted by atomic mass is 10.1. The lowest BCUT2D eigenvalue weighted by molar-refractivity contribution is 0.0863. The van der Waals surface area contributed by atoms with E-state index in [1.165, 1.54) is 0 Å². The van der Waals surface area contributed by atoms with Gasteiger partial charge in [0.15, 0.2) is 0 Å². The lowest BCUT2D eigenvalue weighted by Crippen LogP contribution is -2.15. The van der Waals surface area contributed by atoms with Crippen molar-refractivity contribution < 1.29 is 18.1 Å². The van der Waals surface area contributed by atoms with Gasteiger partial charge in [0, 0.05) is 0 Å². The first-order valence-corrected chi connectivity index (χ1v) is 9.35. The third kappa shape index (κ3) is 3.83. The van der Waals surface area contributed by atoms with Gasteiger partial charge in [-0.15, -0.1) is 19.3 Å². The molecule has 0 heterocycles. The number of hydrogen-bond donors (Lipinski definition) is 0. The van der Waals surface area contributed by atoms with Crippen LogP contribution in [0.25, 0.3) is 0 Å². The van der Waals surface area contributed by atoms with Crippen LogP contribution < -0.4 is 0 Å². The van der Waals surface area contributed by atoms with Gasteiger partial charge in [0.1, 0.15) is 0 Å². The van der Waals surface area contributed by atoms with Crippen molar-refractivity contribution in [3.8, 4) is 37.0 Å². The number of terminal acetylenes is 3. The van der Waals surface area contributed by atoms with Crippen LogP contribution in [0, 0.1) is 53.3 Å². The van der Waals surface area contributed by atoms with Crippen LogP contribution in [0.2, 0.25) is 0 Å². The molecule has 0 aromatic rings. The molecule has 0 amide bonds. The Morgan fingerprint density at radius 2 is 0.957 bits per heavy atom. The average molecular weight is 332 g/mol. The van der Waals surface area contributed by atoms with E-state index in [0.717, 1.165) is 38.5 Å². The highest BCUT2D eigenvalue weighted by Gasteiger charge is 2.49. The number of phosphoric acid groups is 1. The van der Waals surface area contributed by atoms with Crippen LogP contribution in [0.1, 0.15) is 38.5 Å². The summed E-state index contributed by atoms with van der Waals surface area (Å²) in [6, 6.07) is 0. The standard InChI is InChI=1S/C18H21O4P/c1-4-16(7-8-16)13-20-23(19,21-14-17(5-2)9-10-17)22-15-18(6-3)11-12-18/h1-3H,7-15H2. The maximum atomic E-state index is 12.9. The van der Waals surface area contributed by atoms with Crippen molar-refractivity contribution >= 4 is 7.82 Å². The lowest BCUT2D eigenvalue weighted by Gasteiger charge is -2.22. The van der Waals surface area contributed by atoms with E-state index >= 15 is 0 Å². The summed E-state index contributed by atoms with van der Waals surface area (Å²) in [4.78, 5) is 0. The van der Waals surface area contributed by atoms with Crippen LogP contribution in [0.3, 0.4) is 0 Å². The van der Waals surface area contributed by atoms with E-state index in [-0.39, 0.29) is 36.1 Å². The maximum absolute atomic E-state index is 12.9. The summed E-state index contributed by atoms with van der Waals surface area (Å²) in [6.45, 7) is 0.520. The molecule has 3 fully saturated rings. The Kier molecular flexibility index (Phi) is 4.13. The first kappa shape index (κ1) is 16.6. The molecule has 0 spiro atoms. The van der Waals surface area contributed by atoms with Crippen molar-refractivity contribution in [2.45, 2.75) is 38.5 Å². The van der Waals surface area contributed by atoms with Crippen molar-refractivity contribution in [3.05, 3.63) is 0 Å². The molecule has 0 aromatic heterocycles. The molecule has 0 aromatic carbocycles. The van der Waals surface area contributed by atoms with Gasteiger partial charge in [-0.25, -0.2) is 4.57 Å². The van der Waals surface area contributed by atoms with Crippen LogP contribution in [-0.4, -0.2) is 19.8 Å². The van der Waals surface area contributed by atoms with E-state index in [1.54, 1.807) is 0 Å². The molecular weight excluding hydrogens is 311 g/mol. The maximum Gasteiger partial charge on any atom is 0.474 e. The molecular formula is C18H21O4P. The fourth-order valence-electron chi connectivity index (χ4n) is 2.16. The zero-order valence-electron chi connectivity index (χ0n) is 13.2. The molecule has 122 valence electrons. The molecule has 0 saturated heterocycles. The van der Waals surface area contributed by atoms with Crippen LogP contribution in [0.15, 0.2) is 0 Å². The monoisotopic (exact) mass is 332 g/mol. The van der Waals surface area contributed by atoms with Crippen LogP contribution in [0.5, 0.6) is 0 Å². The molecule has 3 aliphatic rings. The van der Waals surface area contributed by atoms with Crippen molar-refractivity contribution in [1.29, 1.82) is 0 Å². The molecule has 0 N–H and O–H groups in total. The number of phosphoric ester groups is 1. The Bertz CT molecular complexity index is 558. The van der Waals surface area contributed by atoms with Gasteiger partial charge >= 0.3 is 7.82 Å². The second-order valence-electron chi connectivity index (χ2n) is 7.04.